The molecule has 0 saturated carbocycles. The predicted molar refractivity (Wildman–Crippen MR) is 30.7 cm³/mol. The Morgan fingerprint density at radius 3 is 0.867 bits per heavy atom. The minimum atomic E-state index is -4.67. The van der Waals surface area contributed by atoms with Gasteiger partial charge in [0.15, 0.2) is 0 Å². The van der Waals surface area contributed by atoms with Crippen LogP contribution >= 0.6 is 0 Å². The second-order valence-corrected chi connectivity index (χ2v) is 1.84. The largest absolute Gasteiger partial charge is 2.00 e. The maximum atomic E-state index is 8.74. The molecule has 0 spiro atoms. The van der Waals surface area contributed by atoms with Gasteiger partial charge in [0.05, 0.1) is 0 Å². The Labute approximate surface area is 124 Å². The molecule has 0 aromatic rings. The fourth-order valence-corrected chi connectivity index (χ4v) is 0. The number of carbonyl (C=O) groups is 2. The molecule has 13 heteroatoms. The van der Waals surface area contributed by atoms with Gasteiger partial charge < -0.3 is 30.0 Å². The third kappa shape index (κ3) is 67700. The van der Waals surface area contributed by atoms with Crippen LogP contribution in [-0.2, 0) is 27.2 Å². The minimum Gasteiger partial charge on any atom is -0.652 e. The topological polar surface area (TPSA) is 201 Å². The molecule has 0 aliphatic carbocycles. The fourth-order valence-electron chi connectivity index (χ4n) is 0. The Morgan fingerprint density at radius 2 is 0.867 bits per heavy atom. The SMILES string of the molecule is O=C([O-])[O-].O=C([O-])[O-].O=S(=O)(O)O.[Ca+2].[Co+2]. The standard InChI is InChI=1S/2CH2O3.Ca.Co.H2O4S/c2*2-1(3)4;;;1-5(2,3)4/h2*(H2,2,3,4);;;(H2,1,2,3,4)/q;;2*+2;/p-4. The third-order valence-corrected chi connectivity index (χ3v) is 0. The van der Waals surface area contributed by atoms with Crippen molar-refractivity contribution >= 4 is 60.4 Å². The van der Waals surface area contributed by atoms with E-state index in [0.29, 0.717) is 0 Å². The van der Waals surface area contributed by atoms with Crippen molar-refractivity contribution in [3.8, 4) is 0 Å². The van der Waals surface area contributed by atoms with E-state index in [1.165, 1.54) is 0 Å². The zero-order valence-corrected chi connectivity index (χ0v) is 10.7. The summed E-state index contributed by atoms with van der Waals surface area (Å²) < 4.78 is 31.6. The number of rotatable bonds is 0. The molecule has 0 aliphatic heterocycles. The van der Waals surface area contributed by atoms with Gasteiger partial charge in [0.1, 0.15) is 0 Å². The first-order valence-corrected chi connectivity index (χ1v) is 3.32. The second-order valence-electron chi connectivity index (χ2n) is 0.948. The van der Waals surface area contributed by atoms with E-state index in [1.54, 1.807) is 0 Å². The average molecular weight is 317 g/mol. The maximum Gasteiger partial charge on any atom is 2.00 e. The van der Waals surface area contributed by atoms with Crippen molar-refractivity contribution in [1.29, 1.82) is 0 Å². The van der Waals surface area contributed by atoms with Gasteiger partial charge in [0.2, 0.25) is 0 Å². The zero-order chi connectivity index (χ0) is 11.7. The monoisotopic (exact) mass is 317 g/mol. The molecule has 0 aliphatic rings. The number of hydrogen-bond acceptors (Lipinski definition) is 8. The minimum absolute atomic E-state index is 0. The van der Waals surface area contributed by atoms with Crippen LogP contribution in [0.5, 0.6) is 0 Å². The quantitative estimate of drug-likeness (QED) is 0.320. The number of carbonyl (C=O) groups excluding carboxylic acids is 2. The predicted octanol–water partition coefficient (Wildman–Crippen LogP) is -5.93. The Hall–Kier alpha value is 0.176. The molecule has 0 rings (SSSR count). The molecular weight excluding hydrogens is 315 g/mol. The molecule has 0 amide bonds. The van der Waals surface area contributed by atoms with E-state index in [4.69, 9.17) is 47.5 Å². The fraction of sp³-hybridized carbons (Fsp3) is 0. The van der Waals surface area contributed by atoms with Crippen LogP contribution in [0, 0.1) is 0 Å². The number of carboxylic acid groups (broad SMARTS) is 4. The van der Waals surface area contributed by atoms with Crippen LogP contribution in [0.4, 0.5) is 9.59 Å². The van der Waals surface area contributed by atoms with Gasteiger partial charge in [0.25, 0.3) is 0 Å². The summed E-state index contributed by atoms with van der Waals surface area (Å²) in [6, 6.07) is 0. The molecule has 2 N–H and O–H groups in total. The van der Waals surface area contributed by atoms with Gasteiger partial charge in [0, 0.05) is 0 Å². The smallest absolute Gasteiger partial charge is 0.652 e. The summed E-state index contributed by atoms with van der Waals surface area (Å²) in [6.45, 7) is 0. The van der Waals surface area contributed by atoms with Crippen molar-refractivity contribution < 1.29 is 64.3 Å². The van der Waals surface area contributed by atoms with E-state index in [9.17, 15) is 0 Å². The van der Waals surface area contributed by atoms with E-state index >= 15 is 0 Å². The van der Waals surface area contributed by atoms with Crippen molar-refractivity contribution in [3.05, 3.63) is 0 Å². The molecule has 0 fully saturated rings. The van der Waals surface area contributed by atoms with E-state index in [1.807, 2.05) is 0 Å². The van der Waals surface area contributed by atoms with Crippen molar-refractivity contribution in [2.24, 2.45) is 0 Å². The van der Waals surface area contributed by atoms with Gasteiger partial charge >= 0.3 is 64.9 Å². The Balaban J connectivity index is -0.0000000315. The van der Waals surface area contributed by atoms with Gasteiger partial charge in [-0.25, -0.2) is 0 Å². The van der Waals surface area contributed by atoms with Gasteiger partial charge in [-0.2, -0.15) is 8.42 Å². The van der Waals surface area contributed by atoms with E-state index in [-0.39, 0.29) is 54.5 Å². The molecule has 1 radical (unpaired) electrons. The first-order valence-electron chi connectivity index (χ1n) is 1.92. The van der Waals surface area contributed by atoms with Crippen LogP contribution in [0.15, 0.2) is 0 Å². The van der Waals surface area contributed by atoms with Gasteiger partial charge in [-0.1, -0.05) is 0 Å². The molecule has 0 unspecified atom stereocenters. The van der Waals surface area contributed by atoms with Crippen LogP contribution in [0.2, 0.25) is 0 Å². The second kappa shape index (κ2) is 16.6. The Kier molecular flexibility index (Phi) is 32.6. The molecule has 0 aromatic carbocycles. The maximum absolute atomic E-state index is 8.74. The summed E-state index contributed by atoms with van der Waals surface area (Å²) in [5.41, 5.74) is 0. The molecule has 87 valence electrons. The Morgan fingerprint density at radius 1 is 0.867 bits per heavy atom. The normalized spacial score (nSPS) is 7.07. The van der Waals surface area contributed by atoms with Crippen LogP contribution < -0.4 is 20.4 Å². The van der Waals surface area contributed by atoms with Crippen LogP contribution in [0.3, 0.4) is 0 Å². The summed E-state index contributed by atoms with van der Waals surface area (Å²) in [7, 11) is -4.67. The summed E-state index contributed by atoms with van der Waals surface area (Å²) in [6.07, 6.45) is -4.67. The van der Waals surface area contributed by atoms with Gasteiger partial charge in [-0.05, 0) is 12.3 Å². The molecule has 0 saturated heterocycles. The number of hydrogen-bond donors (Lipinski definition) is 2. The molecule has 15 heavy (non-hydrogen) atoms. The Bertz CT molecular complexity index is 218. The first kappa shape index (κ1) is 29.5. The molecule has 10 nitrogen and oxygen atoms in total. The van der Waals surface area contributed by atoms with E-state index in [0.717, 1.165) is 0 Å². The summed E-state index contributed by atoms with van der Waals surface area (Å²) in [5.74, 6) is 0. The first-order chi connectivity index (χ1) is 5.46. The summed E-state index contributed by atoms with van der Waals surface area (Å²) >= 11 is 0. The van der Waals surface area contributed by atoms with Crippen LogP contribution in [0.1, 0.15) is 0 Å². The van der Waals surface area contributed by atoms with Crippen molar-refractivity contribution in [3.63, 3.8) is 0 Å². The molecule has 0 bridgehead atoms. The van der Waals surface area contributed by atoms with Crippen molar-refractivity contribution in [2.75, 3.05) is 0 Å². The molecular formula is C2H2CaCoO10S. The molecule has 0 aromatic heterocycles. The van der Waals surface area contributed by atoms with Crippen LogP contribution in [0.25, 0.3) is 0 Å². The van der Waals surface area contributed by atoms with E-state index in [2.05, 4.69) is 0 Å². The van der Waals surface area contributed by atoms with Crippen molar-refractivity contribution in [1.82, 2.24) is 0 Å². The molecule has 0 atom stereocenters. The summed E-state index contributed by atoms with van der Waals surface area (Å²) in [4.78, 5) is 16.7. The average Bonchev–Trinajstić information content (AvgIpc) is 1.50. The third-order valence-electron chi connectivity index (χ3n) is 0. The van der Waals surface area contributed by atoms with Gasteiger partial charge in [-0.15, -0.1) is 0 Å². The van der Waals surface area contributed by atoms with E-state index < -0.39 is 22.7 Å². The zero-order valence-electron chi connectivity index (χ0n) is 6.61. The molecule has 0 heterocycles. The van der Waals surface area contributed by atoms with Crippen LogP contribution in [-0.4, -0.2) is 67.6 Å². The van der Waals surface area contributed by atoms with Gasteiger partial charge in [-0.3, -0.25) is 9.11 Å². The van der Waals surface area contributed by atoms with Crippen molar-refractivity contribution in [2.45, 2.75) is 0 Å². The summed E-state index contributed by atoms with van der Waals surface area (Å²) in [5, 5.41) is 33.3.